The van der Waals surface area contributed by atoms with E-state index in [0.717, 1.165) is 23.2 Å². The highest BCUT2D eigenvalue weighted by atomic mass is 16.2. The zero-order valence-electron chi connectivity index (χ0n) is 17.4. The van der Waals surface area contributed by atoms with Crippen molar-refractivity contribution in [2.75, 3.05) is 5.32 Å². The van der Waals surface area contributed by atoms with Crippen LogP contribution >= 0.6 is 0 Å². The van der Waals surface area contributed by atoms with Gasteiger partial charge in [-0.3, -0.25) is 18.7 Å². The van der Waals surface area contributed by atoms with Crippen LogP contribution in [-0.2, 0) is 17.8 Å². The maximum absolute atomic E-state index is 13.1. The number of carbonyl (C=O) groups excluding carboxylic acids is 1. The van der Waals surface area contributed by atoms with Crippen LogP contribution < -0.4 is 16.6 Å². The van der Waals surface area contributed by atoms with Gasteiger partial charge in [0.15, 0.2) is 0 Å². The normalized spacial score (nSPS) is 12.1. The third-order valence-electron chi connectivity index (χ3n) is 5.42. The fourth-order valence-electron chi connectivity index (χ4n) is 3.59. The van der Waals surface area contributed by atoms with E-state index in [9.17, 15) is 14.4 Å². The summed E-state index contributed by atoms with van der Waals surface area (Å²) in [6.45, 7) is 7.58. The second-order valence-corrected chi connectivity index (χ2v) is 7.33. The summed E-state index contributed by atoms with van der Waals surface area (Å²) in [5.41, 5.74) is 2.49. The van der Waals surface area contributed by atoms with Gasteiger partial charge in [0.2, 0.25) is 5.91 Å². The number of carbonyl (C=O) groups is 1. The summed E-state index contributed by atoms with van der Waals surface area (Å²) in [4.78, 5) is 38.9. The summed E-state index contributed by atoms with van der Waals surface area (Å²) < 4.78 is 2.64. The van der Waals surface area contributed by atoms with Crippen molar-refractivity contribution in [3.8, 4) is 0 Å². The number of aryl methyl sites for hydroxylation is 2. The molecule has 1 aromatic heterocycles. The van der Waals surface area contributed by atoms with Crippen molar-refractivity contribution < 1.29 is 4.79 Å². The average Bonchev–Trinajstić information content (AvgIpc) is 2.72. The lowest BCUT2D eigenvalue weighted by Gasteiger charge is -2.18. The third kappa shape index (κ3) is 3.88. The molecule has 0 aliphatic rings. The number of anilines is 1. The number of para-hydroxylation sites is 2. The smallest absolute Gasteiger partial charge is 0.324 e. The van der Waals surface area contributed by atoms with Crippen LogP contribution in [0.25, 0.3) is 10.9 Å². The first-order chi connectivity index (χ1) is 13.9. The predicted molar refractivity (Wildman–Crippen MR) is 117 cm³/mol. The minimum atomic E-state index is -0.460. The quantitative estimate of drug-likeness (QED) is 0.695. The summed E-state index contributed by atoms with van der Waals surface area (Å²) >= 11 is 0. The number of amides is 1. The second kappa shape index (κ2) is 8.47. The highest BCUT2D eigenvalue weighted by molar-refractivity contribution is 5.93. The highest BCUT2D eigenvalue weighted by Crippen LogP contribution is 2.21. The standard InChI is InChI=1S/C23H27N3O3/c1-5-16(4)26-22(28)18-12-7-8-13-19(18)25(23(26)29)14-20(27)24-21-15(3)10-9-11-17(21)6-2/h7-13,16H,5-6,14H2,1-4H3,(H,24,27)/t16-/m0/s1. The number of fused-ring (bicyclic) bond motifs is 1. The first-order valence-corrected chi connectivity index (χ1v) is 10.0. The molecule has 29 heavy (non-hydrogen) atoms. The molecule has 0 spiro atoms. The number of aromatic nitrogens is 2. The number of rotatable bonds is 6. The number of hydrogen-bond acceptors (Lipinski definition) is 3. The zero-order chi connectivity index (χ0) is 21.1. The minimum Gasteiger partial charge on any atom is -0.324 e. The van der Waals surface area contributed by atoms with Crippen molar-refractivity contribution in [1.29, 1.82) is 0 Å². The Kier molecular flexibility index (Phi) is 6.01. The average molecular weight is 393 g/mol. The highest BCUT2D eigenvalue weighted by Gasteiger charge is 2.18. The summed E-state index contributed by atoms with van der Waals surface area (Å²) in [5, 5.41) is 3.40. The van der Waals surface area contributed by atoms with E-state index >= 15 is 0 Å². The maximum atomic E-state index is 13.1. The molecule has 152 valence electrons. The van der Waals surface area contributed by atoms with Gasteiger partial charge in [0.05, 0.1) is 10.9 Å². The van der Waals surface area contributed by atoms with Gasteiger partial charge in [-0.25, -0.2) is 4.79 Å². The van der Waals surface area contributed by atoms with Gasteiger partial charge in [0.25, 0.3) is 5.56 Å². The Morgan fingerprint density at radius 3 is 2.48 bits per heavy atom. The summed E-state index contributed by atoms with van der Waals surface area (Å²) in [6.07, 6.45) is 1.43. The molecule has 0 radical (unpaired) electrons. The third-order valence-corrected chi connectivity index (χ3v) is 5.42. The van der Waals surface area contributed by atoms with Crippen molar-refractivity contribution >= 4 is 22.5 Å². The van der Waals surface area contributed by atoms with E-state index in [0.29, 0.717) is 17.3 Å². The van der Waals surface area contributed by atoms with Crippen LogP contribution in [0, 0.1) is 6.92 Å². The molecule has 0 aliphatic carbocycles. The van der Waals surface area contributed by atoms with Crippen LogP contribution in [0.15, 0.2) is 52.1 Å². The van der Waals surface area contributed by atoms with Crippen molar-refractivity contribution in [2.24, 2.45) is 0 Å². The van der Waals surface area contributed by atoms with Crippen LogP contribution in [0.5, 0.6) is 0 Å². The molecule has 0 saturated heterocycles. The lowest BCUT2D eigenvalue weighted by Crippen LogP contribution is -2.43. The SMILES string of the molecule is CCc1cccc(C)c1NC(=O)Cn1c(=O)n([C@@H](C)CC)c(=O)c2ccccc21. The van der Waals surface area contributed by atoms with E-state index in [-0.39, 0.29) is 24.1 Å². The Bertz CT molecular complexity index is 1170. The summed E-state index contributed by atoms with van der Waals surface area (Å²) in [5.74, 6) is -0.296. The molecular weight excluding hydrogens is 366 g/mol. The van der Waals surface area contributed by atoms with Gasteiger partial charge < -0.3 is 5.32 Å². The van der Waals surface area contributed by atoms with Gasteiger partial charge in [0.1, 0.15) is 6.54 Å². The molecule has 0 unspecified atom stereocenters. The predicted octanol–water partition coefficient (Wildman–Crippen LogP) is 3.64. The van der Waals surface area contributed by atoms with Gasteiger partial charge in [-0.1, -0.05) is 44.2 Å². The lowest BCUT2D eigenvalue weighted by molar-refractivity contribution is -0.116. The second-order valence-electron chi connectivity index (χ2n) is 7.33. The molecule has 3 aromatic rings. The molecule has 1 heterocycles. The van der Waals surface area contributed by atoms with Crippen LogP contribution in [0.2, 0.25) is 0 Å². The summed E-state index contributed by atoms with van der Waals surface area (Å²) in [7, 11) is 0. The molecule has 0 saturated carbocycles. The number of benzene rings is 2. The van der Waals surface area contributed by atoms with E-state index in [1.54, 1.807) is 24.3 Å². The minimum absolute atomic E-state index is 0.159. The topological polar surface area (TPSA) is 73.1 Å². The van der Waals surface area contributed by atoms with Crippen LogP contribution in [0.3, 0.4) is 0 Å². The van der Waals surface area contributed by atoms with Gasteiger partial charge >= 0.3 is 5.69 Å². The Hall–Kier alpha value is -3.15. The molecule has 2 aromatic carbocycles. The van der Waals surface area contributed by atoms with E-state index < -0.39 is 5.69 Å². The van der Waals surface area contributed by atoms with E-state index in [1.165, 1.54) is 9.13 Å². The molecule has 1 atom stereocenters. The lowest BCUT2D eigenvalue weighted by atomic mass is 10.1. The van der Waals surface area contributed by atoms with E-state index in [1.807, 2.05) is 45.9 Å². The van der Waals surface area contributed by atoms with Crippen LogP contribution in [-0.4, -0.2) is 15.0 Å². The summed E-state index contributed by atoms with van der Waals surface area (Å²) in [6, 6.07) is 12.6. The fraction of sp³-hybridized carbons (Fsp3) is 0.348. The molecular formula is C23H27N3O3. The molecule has 3 rings (SSSR count). The van der Waals surface area contributed by atoms with Crippen LogP contribution in [0.1, 0.15) is 44.4 Å². The monoisotopic (exact) mass is 393 g/mol. The van der Waals surface area contributed by atoms with Crippen molar-refractivity contribution in [2.45, 2.75) is 53.1 Å². The van der Waals surface area contributed by atoms with Gasteiger partial charge in [-0.15, -0.1) is 0 Å². The molecule has 1 amide bonds. The molecule has 0 fully saturated rings. The van der Waals surface area contributed by atoms with Crippen LogP contribution in [0.4, 0.5) is 5.69 Å². The number of nitrogens with one attached hydrogen (secondary N) is 1. The van der Waals surface area contributed by atoms with Crippen molar-refractivity contribution in [1.82, 2.24) is 9.13 Å². The first-order valence-electron chi connectivity index (χ1n) is 10.0. The number of hydrogen-bond donors (Lipinski definition) is 1. The maximum Gasteiger partial charge on any atom is 0.332 e. The van der Waals surface area contributed by atoms with Gasteiger partial charge in [-0.05, 0) is 49.9 Å². The Morgan fingerprint density at radius 1 is 1.07 bits per heavy atom. The fourth-order valence-corrected chi connectivity index (χ4v) is 3.59. The molecule has 6 heteroatoms. The van der Waals surface area contributed by atoms with Gasteiger partial charge in [-0.2, -0.15) is 0 Å². The molecule has 6 nitrogen and oxygen atoms in total. The Balaban J connectivity index is 2.08. The molecule has 0 bridgehead atoms. The van der Waals surface area contributed by atoms with Crippen molar-refractivity contribution in [3.05, 3.63) is 74.4 Å². The first kappa shape index (κ1) is 20.6. The zero-order valence-corrected chi connectivity index (χ0v) is 17.4. The number of nitrogens with zero attached hydrogens (tertiary/aromatic N) is 2. The van der Waals surface area contributed by atoms with E-state index in [2.05, 4.69) is 5.32 Å². The van der Waals surface area contributed by atoms with Crippen molar-refractivity contribution in [3.63, 3.8) is 0 Å². The molecule has 0 aliphatic heterocycles. The Labute approximate surface area is 169 Å². The van der Waals surface area contributed by atoms with E-state index in [4.69, 9.17) is 0 Å². The molecule has 1 N–H and O–H groups in total. The Morgan fingerprint density at radius 2 is 1.79 bits per heavy atom. The van der Waals surface area contributed by atoms with Gasteiger partial charge in [0, 0.05) is 11.7 Å². The largest absolute Gasteiger partial charge is 0.332 e.